The van der Waals surface area contributed by atoms with Gasteiger partial charge in [0, 0.05) is 5.92 Å². The average molecular weight is 227 g/mol. The highest BCUT2D eigenvalue weighted by atomic mass is 15.0. The van der Waals surface area contributed by atoms with Crippen LogP contribution in [0.3, 0.4) is 0 Å². The lowest BCUT2D eigenvalue weighted by Gasteiger charge is -2.04. The summed E-state index contributed by atoms with van der Waals surface area (Å²) < 4.78 is 0. The molecule has 2 fully saturated rings. The lowest BCUT2D eigenvalue weighted by Crippen LogP contribution is -1.91. The van der Waals surface area contributed by atoms with E-state index in [1.54, 1.807) is 0 Å². The third kappa shape index (κ3) is 1.31. The maximum atomic E-state index is 5.95. The van der Waals surface area contributed by atoms with Gasteiger partial charge >= 0.3 is 0 Å². The Hall–Kier alpha value is -1.51. The second-order valence-corrected chi connectivity index (χ2v) is 5.50. The van der Waals surface area contributed by atoms with E-state index in [4.69, 9.17) is 10.7 Å². The number of nitrogens with zero attached hydrogens (tertiary/aromatic N) is 1. The third-order valence-corrected chi connectivity index (χ3v) is 4.53. The number of imidazole rings is 1. The van der Waals surface area contributed by atoms with E-state index >= 15 is 0 Å². The monoisotopic (exact) mass is 227 g/mol. The van der Waals surface area contributed by atoms with Crippen molar-refractivity contribution < 1.29 is 0 Å². The maximum Gasteiger partial charge on any atom is 0.111 e. The normalized spacial score (nSPS) is 31.4. The predicted molar refractivity (Wildman–Crippen MR) is 68.7 cm³/mol. The molecule has 4 rings (SSSR count). The quantitative estimate of drug-likeness (QED) is 0.736. The summed E-state index contributed by atoms with van der Waals surface area (Å²) in [7, 11) is 0. The number of fused-ring (bicyclic) bond motifs is 2. The van der Waals surface area contributed by atoms with Crippen molar-refractivity contribution in [3.8, 4) is 0 Å². The molecule has 2 aliphatic carbocycles. The van der Waals surface area contributed by atoms with Crippen LogP contribution >= 0.6 is 0 Å². The van der Waals surface area contributed by atoms with Crippen LogP contribution in [0.4, 0.5) is 5.69 Å². The van der Waals surface area contributed by atoms with Gasteiger partial charge in [0.1, 0.15) is 11.3 Å². The van der Waals surface area contributed by atoms with Gasteiger partial charge in [0.05, 0.1) is 11.2 Å². The van der Waals surface area contributed by atoms with Crippen molar-refractivity contribution in [3.05, 3.63) is 24.0 Å². The minimum absolute atomic E-state index is 0.685. The molecular weight excluding hydrogens is 210 g/mol. The Bertz CT molecular complexity index is 560. The largest absolute Gasteiger partial charge is 0.397 e. The lowest BCUT2D eigenvalue weighted by molar-refractivity contribution is 0.480. The maximum absolute atomic E-state index is 5.95. The van der Waals surface area contributed by atoms with Gasteiger partial charge < -0.3 is 10.7 Å². The van der Waals surface area contributed by atoms with Gasteiger partial charge in [-0.25, -0.2) is 4.98 Å². The summed E-state index contributed by atoms with van der Waals surface area (Å²) in [5.74, 6) is 3.65. The molecule has 0 radical (unpaired) electrons. The molecule has 0 amide bonds. The molecule has 2 saturated carbocycles. The molecule has 2 aromatic rings. The first kappa shape index (κ1) is 9.51. The number of nitrogens with one attached hydrogen (secondary N) is 1. The molecule has 1 aromatic carbocycles. The fourth-order valence-electron chi connectivity index (χ4n) is 3.63. The van der Waals surface area contributed by atoms with E-state index in [-0.39, 0.29) is 0 Å². The van der Waals surface area contributed by atoms with Crippen molar-refractivity contribution in [1.82, 2.24) is 9.97 Å². The first-order valence-corrected chi connectivity index (χ1v) is 6.59. The van der Waals surface area contributed by atoms with Crippen LogP contribution in [0.25, 0.3) is 11.0 Å². The van der Waals surface area contributed by atoms with Crippen LogP contribution in [0, 0.1) is 11.8 Å². The number of hydrogen-bond donors (Lipinski definition) is 2. The highest BCUT2D eigenvalue weighted by Gasteiger charge is 2.52. The smallest absolute Gasteiger partial charge is 0.111 e. The van der Waals surface area contributed by atoms with E-state index in [1.807, 2.05) is 12.1 Å². The van der Waals surface area contributed by atoms with E-state index in [2.05, 4.69) is 11.1 Å². The summed E-state index contributed by atoms with van der Waals surface area (Å²) in [4.78, 5) is 8.18. The Morgan fingerprint density at radius 3 is 2.65 bits per heavy atom. The molecule has 2 aliphatic rings. The van der Waals surface area contributed by atoms with Gasteiger partial charge in [-0.15, -0.1) is 0 Å². The van der Waals surface area contributed by atoms with Crippen LogP contribution in [0.1, 0.15) is 37.4 Å². The lowest BCUT2D eigenvalue weighted by atomic mass is 10.0. The van der Waals surface area contributed by atoms with Gasteiger partial charge in [-0.05, 0) is 36.8 Å². The second-order valence-electron chi connectivity index (χ2n) is 5.50. The third-order valence-electron chi connectivity index (χ3n) is 4.53. The van der Waals surface area contributed by atoms with Gasteiger partial charge in [0.25, 0.3) is 0 Å². The molecule has 2 unspecified atom stereocenters. The van der Waals surface area contributed by atoms with Crippen LogP contribution in [0.2, 0.25) is 0 Å². The van der Waals surface area contributed by atoms with Crippen molar-refractivity contribution in [2.45, 2.75) is 31.6 Å². The zero-order chi connectivity index (χ0) is 11.4. The number of rotatable bonds is 1. The molecular formula is C14H17N3. The number of benzene rings is 1. The molecule has 17 heavy (non-hydrogen) atoms. The van der Waals surface area contributed by atoms with Crippen molar-refractivity contribution in [2.75, 3.05) is 5.73 Å². The summed E-state index contributed by atoms with van der Waals surface area (Å²) >= 11 is 0. The van der Waals surface area contributed by atoms with Crippen molar-refractivity contribution in [2.24, 2.45) is 11.8 Å². The molecule has 1 heterocycles. The fraction of sp³-hybridized carbons (Fsp3) is 0.500. The first-order chi connectivity index (χ1) is 8.34. The zero-order valence-corrected chi connectivity index (χ0v) is 9.82. The molecule has 3 N–H and O–H groups in total. The van der Waals surface area contributed by atoms with E-state index in [0.29, 0.717) is 5.92 Å². The number of H-pyrrole nitrogens is 1. The Morgan fingerprint density at radius 2 is 1.94 bits per heavy atom. The second kappa shape index (κ2) is 3.25. The number of aromatic amines is 1. The number of hydrogen-bond acceptors (Lipinski definition) is 2. The van der Waals surface area contributed by atoms with Crippen molar-refractivity contribution >= 4 is 16.7 Å². The van der Waals surface area contributed by atoms with E-state index in [1.165, 1.54) is 31.5 Å². The molecule has 3 nitrogen and oxygen atoms in total. The molecule has 0 aliphatic heterocycles. The molecule has 0 bridgehead atoms. The Balaban J connectivity index is 1.75. The van der Waals surface area contributed by atoms with Crippen LogP contribution in [0.15, 0.2) is 18.2 Å². The predicted octanol–water partition coefficient (Wildman–Crippen LogP) is 3.05. The van der Waals surface area contributed by atoms with Crippen molar-refractivity contribution in [1.29, 1.82) is 0 Å². The summed E-state index contributed by atoms with van der Waals surface area (Å²) in [5.41, 5.74) is 8.78. The van der Waals surface area contributed by atoms with Crippen LogP contribution in [-0.2, 0) is 0 Å². The van der Waals surface area contributed by atoms with Crippen molar-refractivity contribution in [3.63, 3.8) is 0 Å². The molecule has 0 saturated heterocycles. The standard InChI is InChI=1S/C14H17N3/c15-10-6-3-7-11-13(10)17-14(16-11)12-8-4-1-2-5-9(8)12/h3,6-9,12H,1-2,4-5,15H2,(H,16,17). The van der Waals surface area contributed by atoms with Crippen LogP contribution in [0.5, 0.6) is 0 Å². The number of anilines is 1. The summed E-state index contributed by atoms with van der Waals surface area (Å²) in [6.07, 6.45) is 5.59. The Morgan fingerprint density at radius 1 is 1.18 bits per heavy atom. The highest BCUT2D eigenvalue weighted by molar-refractivity contribution is 5.87. The van der Waals surface area contributed by atoms with E-state index in [0.717, 1.165) is 28.6 Å². The first-order valence-electron chi connectivity index (χ1n) is 6.59. The SMILES string of the molecule is Nc1cccc2[nH]c(C3C4CCCCC43)nc12. The van der Waals surface area contributed by atoms with Gasteiger partial charge in [-0.1, -0.05) is 18.9 Å². The molecule has 0 spiro atoms. The number of nitrogen functional groups attached to an aromatic ring is 1. The van der Waals surface area contributed by atoms with Crippen LogP contribution < -0.4 is 5.73 Å². The van der Waals surface area contributed by atoms with E-state index < -0.39 is 0 Å². The Labute approximate surface area is 100 Å². The number of aromatic nitrogens is 2. The fourth-order valence-corrected chi connectivity index (χ4v) is 3.63. The zero-order valence-electron chi connectivity index (χ0n) is 9.82. The number of nitrogens with two attached hydrogens (primary N) is 1. The minimum Gasteiger partial charge on any atom is -0.397 e. The molecule has 88 valence electrons. The molecule has 1 aromatic heterocycles. The topological polar surface area (TPSA) is 54.7 Å². The molecule has 2 atom stereocenters. The Kier molecular flexibility index (Phi) is 1.82. The summed E-state index contributed by atoms with van der Waals surface area (Å²) in [6, 6.07) is 5.97. The van der Waals surface area contributed by atoms with Crippen LogP contribution in [-0.4, -0.2) is 9.97 Å². The summed E-state index contributed by atoms with van der Waals surface area (Å²) in [6.45, 7) is 0. The van der Waals surface area contributed by atoms with Gasteiger partial charge in [0.2, 0.25) is 0 Å². The minimum atomic E-state index is 0.685. The number of para-hydroxylation sites is 1. The highest BCUT2D eigenvalue weighted by Crippen LogP contribution is 2.60. The van der Waals surface area contributed by atoms with Gasteiger partial charge in [-0.3, -0.25) is 0 Å². The van der Waals surface area contributed by atoms with E-state index in [9.17, 15) is 0 Å². The van der Waals surface area contributed by atoms with Gasteiger partial charge in [-0.2, -0.15) is 0 Å². The van der Waals surface area contributed by atoms with Gasteiger partial charge in [0.15, 0.2) is 0 Å². The average Bonchev–Trinajstić information content (AvgIpc) is 2.91. The molecule has 3 heteroatoms. The summed E-state index contributed by atoms with van der Waals surface area (Å²) in [5, 5.41) is 0.